The summed E-state index contributed by atoms with van der Waals surface area (Å²) in [6.45, 7) is 2.50. The van der Waals surface area contributed by atoms with Crippen molar-refractivity contribution in [3.8, 4) is 17.1 Å². The Kier molecular flexibility index (Phi) is 4.38. The maximum absolute atomic E-state index is 13.0. The first-order chi connectivity index (χ1) is 14.5. The Morgan fingerprint density at radius 1 is 1.20 bits per heavy atom. The van der Waals surface area contributed by atoms with Crippen LogP contribution in [0.3, 0.4) is 0 Å². The average molecular weight is 406 g/mol. The minimum absolute atomic E-state index is 0.0836. The fourth-order valence-electron chi connectivity index (χ4n) is 3.98. The summed E-state index contributed by atoms with van der Waals surface area (Å²) in [6, 6.07) is 7.80. The van der Waals surface area contributed by atoms with Crippen molar-refractivity contribution >= 4 is 5.91 Å². The molecule has 2 fully saturated rings. The minimum atomic E-state index is -0.378. The number of aromatic nitrogens is 5. The standard InChI is InChI=1S/C22H26N6O2/c1-4-30-20-11-15(7-10-23-20)17-13-19(28(3)26-17)22(8-9-22)24-21(29)18-12-16(14-5-6-14)25-27(18)2/h7,10-14H,4-6,8-9H2,1-3H3,(H,24,29). The van der Waals surface area contributed by atoms with Crippen molar-refractivity contribution in [2.75, 3.05) is 6.61 Å². The van der Waals surface area contributed by atoms with Gasteiger partial charge in [0, 0.05) is 37.8 Å². The summed E-state index contributed by atoms with van der Waals surface area (Å²) in [5.74, 6) is 1.02. The van der Waals surface area contributed by atoms with Crippen LogP contribution >= 0.6 is 0 Å². The van der Waals surface area contributed by atoms with Crippen LogP contribution < -0.4 is 10.1 Å². The molecule has 30 heavy (non-hydrogen) atoms. The zero-order valence-corrected chi connectivity index (χ0v) is 17.6. The van der Waals surface area contributed by atoms with Crippen molar-refractivity contribution in [1.82, 2.24) is 29.9 Å². The number of ether oxygens (including phenoxy) is 1. The lowest BCUT2D eigenvalue weighted by Gasteiger charge is -2.17. The predicted molar refractivity (Wildman–Crippen MR) is 111 cm³/mol. The number of hydrogen-bond donors (Lipinski definition) is 1. The van der Waals surface area contributed by atoms with E-state index >= 15 is 0 Å². The third kappa shape index (κ3) is 3.36. The monoisotopic (exact) mass is 406 g/mol. The van der Waals surface area contributed by atoms with Crippen LogP contribution in [0.25, 0.3) is 11.3 Å². The van der Waals surface area contributed by atoms with E-state index in [1.807, 2.05) is 43.9 Å². The van der Waals surface area contributed by atoms with Gasteiger partial charge < -0.3 is 10.1 Å². The molecule has 2 aliphatic carbocycles. The van der Waals surface area contributed by atoms with Gasteiger partial charge >= 0.3 is 0 Å². The van der Waals surface area contributed by atoms with Crippen LogP contribution in [0.5, 0.6) is 5.88 Å². The van der Waals surface area contributed by atoms with Crippen LogP contribution in [0.1, 0.15) is 60.4 Å². The molecule has 5 rings (SSSR count). The summed E-state index contributed by atoms with van der Waals surface area (Å²) in [7, 11) is 3.76. The van der Waals surface area contributed by atoms with Gasteiger partial charge in [0.25, 0.3) is 5.91 Å². The number of hydrogen-bond acceptors (Lipinski definition) is 5. The molecule has 1 N–H and O–H groups in total. The summed E-state index contributed by atoms with van der Waals surface area (Å²) in [5.41, 5.74) is 4.05. The van der Waals surface area contributed by atoms with Crippen LogP contribution in [0.15, 0.2) is 30.5 Å². The summed E-state index contributed by atoms with van der Waals surface area (Å²) in [6.07, 6.45) is 5.85. The maximum atomic E-state index is 13.0. The van der Waals surface area contributed by atoms with Crippen LogP contribution in [0.4, 0.5) is 0 Å². The summed E-state index contributed by atoms with van der Waals surface area (Å²) >= 11 is 0. The Bertz CT molecular complexity index is 1110. The molecule has 3 aromatic rings. The van der Waals surface area contributed by atoms with Gasteiger partial charge in [0.05, 0.1) is 29.2 Å². The van der Waals surface area contributed by atoms with Crippen molar-refractivity contribution in [3.05, 3.63) is 47.5 Å². The first-order valence-corrected chi connectivity index (χ1v) is 10.5. The molecule has 0 radical (unpaired) electrons. The van der Waals surface area contributed by atoms with Gasteiger partial charge in [0.1, 0.15) is 5.69 Å². The van der Waals surface area contributed by atoms with Crippen molar-refractivity contribution in [3.63, 3.8) is 0 Å². The zero-order chi connectivity index (χ0) is 20.9. The molecular formula is C22H26N6O2. The normalized spacial score (nSPS) is 17.0. The van der Waals surface area contributed by atoms with E-state index in [9.17, 15) is 4.79 Å². The van der Waals surface area contributed by atoms with Crippen LogP contribution in [0.2, 0.25) is 0 Å². The van der Waals surface area contributed by atoms with E-state index in [0.717, 1.165) is 35.5 Å². The number of nitrogens with one attached hydrogen (secondary N) is 1. The fourth-order valence-corrected chi connectivity index (χ4v) is 3.98. The number of amides is 1. The predicted octanol–water partition coefficient (Wildman–Crippen LogP) is 2.91. The second-order valence-electron chi connectivity index (χ2n) is 8.24. The van der Waals surface area contributed by atoms with Crippen molar-refractivity contribution in [2.45, 2.75) is 44.1 Å². The van der Waals surface area contributed by atoms with Crippen molar-refractivity contribution in [1.29, 1.82) is 0 Å². The quantitative estimate of drug-likeness (QED) is 0.652. The van der Waals surface area contributed by atoms with Crippen molar-refractivity contribution in [2.24, 2.45) is 14.1 Å². The Hall–Kier alpha value is -3.16. The summed E-state index contributed by atoms with van der Waals surface area (Å²) in [5, 5.41) is 12.5. The van der Waals surface area contributed by atoms with Gasteiger partial charge in [-0.25, -0.2) is 4.98 Å². The molecule has 0 aliphatic heterocycles. The molecule has 0 bridgehead atoms. The topological polar surface area (TPSA) is 86.9 Å². The molecule has 3 heterocycles. The average Bonchev–Trinajstić information content (AvgIpc) is 3.64. The smallest absolute Gasteiger partial charge is 0.270 e. The van der Waals surface area contributed by atoms with E-state index in [-0.39, 0.29) is 11.4 Å². The highest BCUT2D eigenvalue weighted by atomic mass is 16.5. The SMILES string of the molecule is CCOc1cc(-c2cc(C3(NC(=O)c4cc(C5CC5)nn4C)CC3)n(C)n2)ccn1. The number of nitrogens with zero attached hydrogens (tertiary/aromatic N) is 5. The van der Waals surface area contributed by atoms with Gasteiger partial charge in [-0.3, -0.25) is 14.2 Å². The second-order valence-corrected chi connectivity index (χ2v) is 8.24. The summed E-state index contributed by atoms with van der Waals surface area (Å²) < 4.78 is 9.07. The van der Waals surface area contributed by atoms with Crippen LogP contribution in [-0.4, -0.2) is 37.1 Å². The van der Waals surface area contributed by atoms with Gasteiger partial charge in [0.2, 0.25) is 5.88 Å². The van der Waals surface area contributed by atoms with E-state index in [2.05, 4.69) is 26.6 Å². The van der Waals surface area contributed by atoms with E-state index in [0.29, 0.717) is 24.1 Å². The number of carbonyl (C=O) groups excluding carboxylic acids is 1. The highest BCUT2D eigenvalue weighted by Gasteiger charge is 2.48. The molecule has 2 saturated carbocycles. The molecule has 0 atom stereocenters. The number of carbonyl (C=O) groups is 1. The Morgan fingerprint density at radius 3 is 2.70 bits per heavy atom. The Labute approximate surface area is 175 Å². The molecule has 0 saturated heterocycles. The third-order valence-electron chi connectivity index (χ3n) is 5.92. The number of aryl methyl sites for hydroxylation is 2. The Morgan fingerprint density at radius 2 is 2.00 bits per heavy atom. The zero-order valence-electron chi connectivity index (χ0n) is 17.6. The van der Waals surface area contributed by atoms with E-state index in [1.165, 1.54) is 12.8 Å². The van der Waals surface area contributed by atoms with Crippen LogP contribution in [0, 0.1) is 0 Å². The number of pyridine rings is 1. The molecule has 0 aromatic carbocycles. The van der Waals surface area contributed by atoms with E-state index < -0.39 is 0 Å². The van der Waals surface area contributed by atoms with Gasteiger partial charge in [-0.05, 0) is 50.8 Å². The van der Waals surface area contributed by atoms with Gasteiger partial charge in [-0.2, -0.15) is 10.2 Å². The van der Waals surface area contributed by atoms with Gasteiger partial charge in [-0.15, -0.1) is 0 Å². The largest absolute Gasteiger partial charge is 0.478 e. The molecule has 8 heteroatoms. The number of rotatable bonds is 7. The Balaban J connectivity index is 1.39. The molecule has 156 valence electrons. The highest BCUT2D eigenvalue weighted by molar-refractivity contribution is 5.93. The van der Waals surface area contributed by atoms with E-state index in [1.54, 1.807) is 10.9 Å². The minimum Gasteiger partial charge on any atom is -0.478 e. The van der Waals surface area contributed by atoms with Crippen LogP contribution in [-0.2, 0) is 19.6 Å². The first-order valence-electron chi connectivity index (χ1n) is 10.5. The molecule has 0 unspecified atom stereocenters. The molecular weight excluding hydrogens is 380 g/mol. The molecule has 1 amide bonds. The first kappa shape index (κ1) is 18.8. The van der Waals surface area contributed by atoms with Crippen molar-refractivity contribution < 1.29 is 9.53 Å². The third-order valence-corrected chi connectivity index (χ3v) is 5.92. The maximum Gasteiger partial charge on any atom is 0.270 e. The van der Waals surface area contributed by atoms with Gasteiger partial charge in [0.15, 0.2) is 0 Å². The highest BCUT2D eigenvalue weighted by Crippen LogP contribution is 2.46. The fraction of sp³-hybridized carbons (Fsp3) is 0.455. The molecule has 8 nitrogen and oxygen atoms in total. The van der Waals surface area contributed by atoms with E-state index in [4.69, 9.17) is 4.74 Å². The molecule has 0 spiro atoms. The molecule has 3 aromatic heterocycles. The summed E-state index contributed by atoms with van der Waals surface area (Å²) in [4.78, 5) is 17.3. The lowest BCUT2D eigenvalue weighted by molar-refractivity contribution is 0.0919. The lowest BCUT2D eigenvalue weighted by atomic mass is 10.1. The molecule has 2 aliphatic rings. The van der Waals surface area contributed by atoms with Gasteiger partial charge in [-0.1, -0.05) is 0 Å². The lowest BCUT2D eigenvalue weighted by Crippen LogP contribution is -2.37. The second kappa shape index (κ2) is 6.97.